The van der Waals surface area contributed by atoms with E-state index in [0.717, 1.165) is 6.42 Å². The number of hydrogen-bond acceptors (Lipinski definition) is 7. The van der Waals surface area contributed by atoms with Crippen molar-refractivity contribution in [1.82, 2.24) is 4.90 Å². The topological polar surface area (TPSA) is 95.3 Å². The maximum atomic E-state index is 12.8. The first-order valence-electron chi connectivity index (χ1n) is 11.0. The summed E-state index contributed by atoms with van der Waals surface area (Å²) in [6.45, 7) is 2.78. The molecule has 0 unspecified atom stereocenters. The Kier molecular flexibility index (Phi) is 7.37. The van der Waals surface area contributed by atoms with E-state index in [1.807, 2.05) is 0 Å². The van der Waals surface area contributed by atoms with Crippen LogP contribution in [0.4, 0.5) is 0 Å². The van der Waals surface area contributed by atoms with Crippen LogP contribution in [-0.2, 0) is 14.3 Å². The van der Waals surface area contributed by atoms with Gasteiger partial charge in [0.2, 0.25) is 11.2 Å². The quantitative estimate of drug-likeness (QED) is 0.457. The highest BCUT2D eigenvalue weighted by Crippen LogP contribution is 2.25. The number of carbonyl (C=O) groups excluding carboxylic acids is 2. The molecule has 9 heteroatoms. The van der Waals surface area contributed by atoms with Crippen molar-refractivity contribution in [1.29, 1.82) is 0 Å². The molecule has 0 spiro atoms. The van der Waals surface area contributed by atoms with Gasteiger partial charge in [0.25, 0.3) is 5.91 Å². The van der Waals surface area contributed by atoms with Gasteiger partial charge in [-0.15, -0.1) is 0 Å². The summed E-state index contributed by atoms with van der Waals surface area (Å²) in [6.07, 6.45) is 2.67. The SMILES string of the molecule is CCOC(=O)[C@@H]1CCCN(C(=O)COc2ccc3c(=O)c(Oc4ccc(Cl)cc4)coc3c2)C1. The molecule has 2 heterocycles. The van der Waals surface area contributed by atoms with Crippen molar-refractivity contribution >= 4 is 34.4 Å². The number of esters is 1. The molecule has 4 rings (SSSR count). The first-order chi connectivity index (χ1) is 16.4. The second-order valence-electron chi connectivity index (χ2n) is 7.86. The third-order valence-corrected chi connectivity index (χ3v) is 5.76. The van der Waals surface area contributed by atoms with Crippen LogP contribution in [0.2, 0.25) is 5.02 Å². The molecule has 3 aromatic rings. The molecule has 1 fully saturated rings. The van der Waals surface area contributed by atoms with Gasteiger partial charge in [0.05, 0.1) is 17.9 Å². The van der Waals surface area contributed by atoms with Crippen LogP contribution >= 0.6 is 11.6 Å². The van der Waals surface area contributed by atoms with Crippen LogP contribution in [0.1, 0.15) is 19.8 Å². The monoisotopic (exact) mass is 485 g/mol. The van der Waals surface area contributed by atoms with Crippen molar-refractivity contribution in [2.45, 2.75) is 19.8 Å². The van der Waals surface area contributed by atoms with Crippen LogP contribution in [0.5, 0.6) is 17.2 Å². The number of piperidine rings is 1. The molecule has 34 heavy (non-hydrogen) atoms. The predicted molar refractivity (Wildman–Crippen MR) is 125 cm³/mol. The summed E-state index contributed by atoms with van der Waals surface area (Å²) in [6, 6.07) is 11.3. The largest absolute Gasteiger partial charge is 0.484 e. The maximum absolute atomic E-state index is 12.8. The van der Waals surface area contributed by atoms with Crippen LogP contribution in [0.3, 0.4) is 0 Å². The number of rotatable bonds is 7. The van der Waals surface area contributed by atoms with Crippen molar-refractivity contribution in [2.24, 2.45) is 5.92 Å². The minimum atomic E-state index is -0.336. The highest BCUT2D eigenvalue weighted by molar-refractivity contribution is 6.30. The Balaban J connectivity index is 1.40. The highest BCUT2D eigenvalue weighted by Gasteiger charge is 2.29. The van der Waals surface area contributed by atoms with Gasteiger partial charge in [-0.25, -0.2) is 0 Å². The Morgan fingerprint density at radius 1 is 1.15 bits per heavy atom. The summed E-state index contributed by atoms with van der Waals surface area (Å²) >= 11 is 5.87. The van der Waals surface area contributed by atoms with E-state index in [2.05, 4.69) is 0 Å². The third kappa shape index (κ3) is 5.51. The van der Waals surface area contributed by atoms with Crippen LogP contribution in [0.25, 0.3) is 11.0 Å². The fourth-order valence-electron chi connectivity index (χ4n) is 3.77. The summed E-state index contributed by atoms with van der Waals surface area (Å²) in [4.78, 5) is 39.0. The van der Waals surface area contributed by atoms with Crippen LogP contribution in [-0.4, -0.2) is 43.1 Å². The molecule has 0 saturated carbocycles. The molecule has 1 atom stereocenters. The van der Waals surface area contributed by atoms with E-state index in [1.54, 1.807) is 54.3 Å². The summed E-state index contributed by atoms with van der Waals surface area (Å²) < 4.78 is 21.9. The highest BCUT2D eigenvalue weighted by atomic mass is 35.5. The maximum Gasteiger partial charge on any atom is 0.310 e. The molecule has 0 aliphatic carbocycles. The lowest BCUT2D eigenvalue weighted by Crippen LogP contribution is -2.44. The molecule has 1 aliphatic rings. The molecule has 2 aromatic carbocycles. The van der Waals surface area contributed by atoms with Gasteiger partial charge in [-0.2, -0.15) is 0 Å². The van der Waals surface area contributed by atoms with Crippen LogP contribution in [0.15, 0.2) is 57.9 Å². The minimum absolute atomic E-state index is 0.0416. The van der Waals surface area contributed by atoms with Crippen LogP contribution in [0, 0.1) is 5.92 Å². The van der Waals surface area contributed by atoms with Crippen molar-refractivity contribution in [2.75, 3.05) is 26.3 Å². The molecular weight excluding hydrogens is 462 g/mol. The molecule has 0 radical (unpaired) electrons. The first-order valence-corrected chi connectivity index (χ1v) is 11.4. The molecule has 1 aliphatic heterocycles. The van der Waals surface area contributed by atoms with E-state index in [1.165, 1.54) is 6.26 Å². The molecule has 0 bridgehead atoms. The molecule has 1 amide bonds. The van der Waals surface area contributed by atoms with E-state index in [0.29, 0.717) is 53.6 Å². The predicted octanol–water partition coefficient (Wildman–Crippen LogP) is 4.42. The van der Waals surface area contributed by atoms with Gasteiger partial charge in [-0.1, -0.05) is 11.6 Å². The lowest BCUT2D eigenvalue weighted by Gasteiger charge is -2.31. The zero-order chi connectivity index (χ0) is 24.1. The second-order valence-corrected chi connectivity index (χ2v) is 8.30. The van der Waals surface area contributed by atoms with Crippen molar-refractivity contribution < 1.29 is 28.2 Å². The van der Waals surface area contributed by atoms with Gasteiger partial charge < -0.3 is 23.5 Å². The number of hydrogen-bond donors (Lipinski definition) is 0. The van der Waals surface area contributed by atoms with Crippen molar-refractivity contribution in [3.05, 3.63) is 64.0 Å². The lowest BCUT2D eigenvalue weighted by atomic mass is 9.98. The van der Waals surface area contributed by atoms with Gasteiger partial charge in [-0.05, 0) is 56.2 Å². The number of ether oxygens (including phenoxy) is 3. The van der Waals surface area contributed by atoms with Gasteiger partial charge in [0.15, 0.2) is 6.61 Å². The average Bonchev–Trinajstić information content (AvgIpc) is 2.85. The molecular formula is C25H24ClNO7. The van der Waals surface area contributed by atoms with Gasteiger partial charge in [0.1, 0.15) is 23.3 Å². The molecule has 8 nitrogen and oxygen atoms in total. The Hall–Kier alpha value is -3.52. The second kappa shape index (κ2) is 10.6. The lowest BCUT2D eigenvalue weighted by molar-refractivity contribution is -0.151. The first kappa shape index (κ1) is 23.6. The standard InChI is InChI=1S/C25H24ClNO7/c1-2-31-25(30)16-4-3-11-27(13-16)23(28)15-32-19-9-10-20-21(12-19)33-14-22(24(20)29)34-18-7-5-17(26)6-8-18/h5-10,12,14,16H,2-4,11,13,15H2,1H3/t16-/m1/s1. The summed E-state index contributed by atoms with van der Waals surface area (Å²) in [5, 5.41) is 0.876. The summed E-state index contributed by atoms with van der Waals surface area (Å²) in [5.41, 5.74) is -0.0316. The summed E-state index contributed by atoms with van der Waals surface area (Å²) in [7, 11) is 0. The third-order valence-electron chi connectivity index (χ3n) is 5.51. The Morgan fingerprint density at radius 3 is 2.68 bits per heavy atom. The Bertz CT molecular complexity index is 1240. The van der Waals surface area contributed by atoms with E-state index in [9.17, 15) is 14.4 Å². The smallest absolute Gasteiger partial charge is 0.310 e. The van der Waals surface area contributed by atoms with Crippen LogP contribution < -0.4 is 14.9 Å². The van der Waals surface area contributed by atoms with Gasteiger partial charge >= 0.3 is 5.97 Å². The zero-order valence-electron chi connectivity index (χ0n) is 18.6. The molecule has 178 valence electrons. The number of likely N-dealkylation sites (tertiary alicyclic amines) is 1. The fourth-order valence-corrected chi connectivity index (χ4v) is 3.90. The number of benzene rings is 2. The summed E-state index contributed by atoms with van der Waals surface area (Å²) in [5.74, 6) is 0.0793. The fraction of sp³-hybridized carbons (Fsp3) is 0.320. The number of halogens is 1. The van der Waals surface area contributed by atoms with Crippen molar-refractivity contribution in [3.63, 3.8) is 0 Å². The van der Waals surface area contributed by atoms with E-state index >= 15 is 0 Å². The van der Waals surface area contributed by atoms with E-state index < -0.39 is 0 Å². The number of nitrogens with zero attached hydrogens (tertiary/aromatic N) is 1. The van der Waals surface area contributed by atoms with Gasteiger partial charge in [-0.3, -0.25) is 14.4 Å². The Labute approximate surface area is 201 Å². The average molecular weight is 486 g/mol. The molecule has 1 saturated heterocycles. The number of fused-ring (bicyclic) bond motifs is 1. The van der Waals surface area contributed by atoms with E-state index in [4.69, 9.17) is 30.2 Å². The number of carbonyl (C=O) groups is 2. The Morgan fingerprint density at radius 2 is 1.91 bits per heavy atom. The van der Waals surface area contributed by atoms with Gasteiger partial charge in [0, 0.05) is 24.2 Å². The molecule has 1 aromatic heterocycles. The molecule has 0 N–H and O–H groups in total. The minimum Gasteiger partial charge on any atom is -0.484 e. The normalized spacial score (nSPS) is 15.7. The zero-order valence-corrected chi connectivity index (χ0v) is 19.4. The number of amides is 1. The van der Waals surface area contributed by atoms with E-state index in [-0.39, 0.29) is 35.6 Å². The van der Waals surface area contributed by atoms with Crippen molar-refractivity contribution in [3.8, 4) is 17.2 Å².